The zero-order valence-corrected chi connectivity index (χ0v) is 12.1. The maximum Gasteiger partial charge on any atom is 0.223 e. The average molecular weight is 285 g/mol. The van der Waals surface area contributed by atoms with Gasteiger partial charge in [-0.25, -0.2) is 9.97 Å². The van der Waals surface area contributed by atoms with Crippen LogP contribution in [-0.2, 0) is 11.3 Å². The number of hydrogen-bond donors (Lipinski definition) is 1. The minimum Gasteiger partial charge on any atom is -0.348 e. The van der Waals surface area contributed by atoms with Crippen molar-refractivity contribution < 1.29 is 4.79 Å². The largest absolute Gasteiger partial charge is 0.348 e. The highest BCUT2D eigenvalue weighted by Crippen LogP contribution is 2.33. The van der Waals surface area contributed by atoms with Crippen LogP contribution < -0.4 is 0 Å². The Morgan fingerprint density at radius 3 is 2.95 bits per heavy atom. The smallest absolute Gasteiger partial charge is 0.223 e. The molecule has 1 unspecified atom stereocenters. The lowest BCUT2D eigenvalue weighted by molar-refractivity contribution is -0.128. The van der Waals surface area contributed by atoms with Crippen LogP contribution in [0.25, 0.3) is 11.5 Å². The number of likely N-dealkylation sites (tertiary alicyclic amines) is 1. The van der Waals surface area contributed by atoms with E-state index in [1.807, 2.05) is 13.1 Å². The van der Waals surface area contributed by atoms with E-state index in [9.17, 15) is 4.79 Å². The summed E-state index contributed by atoms with van der Waals surface area (Å²) < 4.78 is 2.12. The van der Waals surface area contributed by atoms with Gasteiger partial charge >= 0.3 is 0 Å². The number of carbonyl (C=O) groups excluding carboxylic acids is 1. The summed E-state index contributed by atoms with van der Waals surface area (Å²) in [6.45, 7) is 3.71. The van der Waals surface area contributed by atoms with Gasteiger partial charge in [-0.1, -0.05) is 0 Å². The number of aryl methyl sites for hydroxylation is 1. The van der Waals surface area contributed by atoms with Gasteiger partial charge in [0, 0.05) is 49.6 Å². The second-order valence-corrected chi connectivity index (χ2v) is 6.13. The van der Waals surface area contributed by atoms with Crippen molar-refractivity contribution in [3.63, 3.8) is 0 Å². The highest BCUT2D eigenvalue weighted by Gasteiger charge is 2.39. The molecule has 21 heavy (non-hydrogen) atoms. The number of nitrogens with one attached hydrogen (secondary N) is 1. The highest BCUT2D eigenvalue weighted by atomic mass is 16.2. The maximum atomic E-state index is 12.0. The molecule has 0 bridgehead atoms. The van der Waals surface area contributed by atoms with Gasteiger partial charge in [0.15, 0.2) is 5.82 Å². The van der Waals surface area contributed by atoms with Gasteiger partial charge in [0.1, 0.15) is 5.69 Å². The molecule has 6 heteroatoms. The molecule has 2 aliphatic rings. The van der Waals surface area contributed by atoms with Crippen molar-refractivity contribution in [3.05, 3.63) is 24.4 Å². The number of aromatic amines is 1. The molecule has 110 valence electrons. The standard InChI is InChI=1S/C15H19N5O/c1-10-14(18-9-17-10)15-16-4-5-19(15)7-11-6-13(21)20(8-11)12-2-3-12/h4-5,9,11-12H,2-3,6-8H2,1H3,(H,17,18). The molecule has 1 amide bonds. The summed E-state index contributed by atoms with van der Waals surface area (Å²) in [6, 6.07) is 0.526. The molecule has 1 atom stereocenters. The molecule has 2 fully saturated rings. The minimum absolute atomic E-state index is 0.320. The fraction of sp³-hybridized carbons (Fsp3) is 0.533. The van der Waals surface area contributed by atoms with Crippen molar-refractivity contribution in [2.24, 2.45) is 5.92 Å². The topological polar surface area (TPSA) is 66.8 Å². The van der Waals surface area contributed by atoms with Crippen LogP contribution in [0.2, 0.25) is 0 Å². The summed E-state index contributed by atoms with van der Waals surface area (Å²) in [6.07, 6.45) is 8.50. The van der Waals surface area contributed by atoms with Crippen LogP contribution in [0.15, 0.2) is 18.7 Å². The van der Waals surface area contributed by atoms with Crippen LogP contribution in [0.1, 0.15) is 25.0 Å². The van der Waals surface area contributed by atoms with E-state index >= 15 is 0 Å². The lowest BCUT2D eigenvalue weighted by Crippen LogP contribution is -2.27. The van der Waals surface area contributed by atoms with E-state index < -0.39 is 0 Å². The summed E-state index contributed by atoms with van der Waals surface area (Å²) in [5, 5.41) is 0. The van der Waals surface area contributed by atoms with E-state index in [0.29, 0.717) is 24.3 Å². The third-order valence-electron chi connectivity index (χ3n) is 4.44. The van der Waals surface area contributed by atoms with Crippen molar-refractivity contribution >= 4 is 5.91 Å². The predicted octanol–water partition coefficient (Wildman–Crippen LogP) is 1.59. The lowest BCUT2D eigenvalue weighted by atomic mass is 10.1. The Bertz CT molecular complexity index is 669. The van der Waals surface area contributed by atoms with Gasteiger partial charge in [0.2, 0.25) is 5.91 Å². The van der Waals surface area contributed by atoms with Gasteiger partial charge < -0.3 is 14.5 Å². The van der Waals surface area contributed by atoms with Crippen molar-refractivity contribution in [1.29, 1.82) is 0 Å². The van der Waals surface area contributed by atoms with Crippen molar-refractivity contribution in [2.75, 3.05) is 6.54 Å². The Morgan fingerprint density at radius 1 is 1.38 bits per heavy atom. The molecule has 1 N–H and O–H groups in total. The third kappa shape index (κ3) is 2.24. The Kier molecular flexibility index (Phi) is 2.83. The first-order valence-corrected chi connectivity index (χ1v) is 7.53. The molecular weight excluding hydrogens is 266 g/mol. The molecule has 1 saturated carbocycles. The van der Waals surface area contributed by atoms with Crippen LogP contribution >= 0.6 is 0 Å². The van der Waals surface area contributed by atoms with Crippen LogP contribution in [0.4, 0.5) is 0 Å². The van der Waals surface area contributed by atoms with Gasteiger partial charge in [-0.15, -0.1) is 0 Å². The molecule has 3 heterocycles. The third-order valence-corrected chi connectivity index (χ3v) is 4.44. The average Bonchev–Trinajstić information content (AvgIpc) is 2.86. The number of aromatic nitrogens is 4. The van der Waals surface area contributed by atoms with Crippen LogP contribution in [-0.4, -0.2) is 42.9 Å². The van der Waals surface area contributed by atoms with Crippen LogP contribution in [0.3, 0.4) is 0 Å². The second-order valence-electron chi connectivity index (χ2n) is 6.13. The Morgan fingerprint density at radius 2 is 2.24 bits per heavy atom. The normalized spacial score (nSPS) is 22.2. The van der Waals surface area contributed by atoms with Crippen molar-refractivity contribution in [1.82, 2.24) is 24.4 Å². The number of imidazole rings is 2. The van der Waals surface area contributed by atoms with Gasteiger partial charge in [-0.3, -0.25) is 4.79 Å². The molecule has 0 aromatic carbocycles. The number of H-pyrrole nitrogens is 1. The number of nitrogens with zero attached hydrogens (tertiary/aromatic N) is 4. The second kappa shape index (κ2) is 4.72. The summed E-state index contributed by atoms with van der Waals surface area (Å²) >= 11 is 0. The molecule has 2 aromatic rings. The van der Waals surface area contributed by atoms with E-state index in [2.05, 4.69) is 24.4 Å². The number of rotatable bonds is 4. The fourth-order valence-corrected chi connectivity index (χ4v) is 3.21. The molecule has 0 radical (unpaired) electrons. The Labute approximate surface area is 123 Å². The number of carbonyl (C=O) groups is 1. The molecular formula is C15H19N5O. The van der Waals surface area contributed by atoms with E-state index in [4.69, 9.17) is 0 Å². The summed E-state index contributed by atoms with van der Waals surface area (Å²) in [4.78, 5) is 26.0. The van der Waals surface area contributed by atoms with E-state index in [1.165, 1.54) is 12.8 Å². The van der Waals surface area contributed by atoms with E-state index in [0.717, 1.165) is 30.3 Å². The summed E-state index contributed by atoms with van der Waals surface area (Å²) in [5.74, 6) is 1.58. The van der Waals surface area contributed by atoms with Gasteiger partial charge in [-0.05, 0) is 19.8 Å². The zero-order chi connectivity index (χ0) is 14.4. The molecule has 4 rings (SSSR count). The minimum atomic E-state index is 0.320. The lowest BCUT2D eigenvalue weighted by Gasteiger charge is -2.16. The first-order chi connectivity index (χ1) is 10.2. The van der Waals surface area contributed by atoms with Crippen molar-refractivity contribution in [3.8, 4) is 11.5 Å². The summed E-state index contributed by atoms with van der Waals surface area (Å²) in [5.41, 5.74) is 1.91. The van der Waals surface area contributed by atoms with E-state index in [-0.39, 0.29) is 0 Å². The number of hydrogen-bond acceptors (Lipinski definition) is 3. The quantitative estimate of drug-likeness (QED) is 0.927. The molecule has 1 aliphatic carbocycles. The van der Waals surface area contributed by atoms with Crippen molar-refractivity contribution in [2.45, 2.75) is 38.8 Å². The fourth-order valence-electron chi connectivity index (χ4n) is 3.21. The molecule has 0 spiro atoms. The molecule has 6 nitrogen and oxygen atoms in total. The first-order valence-electron chi connectivity index (χ1n) is 7.53. The Balaban J connectivity index is 1.52. The zero-order valence-electron chi connectivity index (χ0n) is 12.1. The van der Waals surface area contributed by atoms with Gasteiger partial charge in [-0.2, -0.15) is 0 Å². The monoisotopic (exact) mass is 285 g/mol. The predicted molar refractivity (Wildman–Crippen MR) is 77.4 cm³/mol. The first kappa shape index (κ1) is 12.6. The molecule has 1 saturated heterocycles. The molecule has 1 aliphatic heterocycles. The van der Waals surface area contributed by atoms with Gasteiger partial charge in [0.25, 0.3) is 0 Å². The van der Waals surface area contributed by atoms with Crippen LogP contribution in [0.5, 0.6) is 0 Å². The van der Waals surface area contributed by atoms with Gasteiger partial charge in [0.05, 0.1) is 6.33 Å². The maximum absolute atomic E-state index is 12.0. The van der Waals surface area contributed by atoms with E-state index in [1.54, 1.807) is 12.5 Å². The summed E-state index contributed by atoms with van der Waals surface area (Å²) in [7, 11) is 0. The number of amides is 1. The highest BCUT2D eigenvalue weighted by molar-refractivity contribution is 5.79. The molecule has 2 aromatic heterocycles. The SMILES string of the molecule is Cc1[nH]cnc1-c1nccn1CC1CC(=O)N(C2CC2)C1. The Hall–Kier alpha value is -2.11. The van der Waals surface area contributed by atoms with Crippen LogP contribution in [0, 0.1) is 12.8 Å².